The summed E-state index contributed by atoms with van der Waals surface area (Å²) in [4.78, 5) is 24.1. The number of ether oxygens (including phenoxy) is 1. The number of nitrogens with zero attached hydrogens (tertiary/aromatic N) is 1. The van der Waals surface area contributed by atoms with Gasteiger partial charge in [0.25, 0.3) is 5.91 Å². The van der Waals surface area contributed by atoms with E-state index in [1.807, 2.05) is 0 Å². The molecule has 0 spiro atoms. The first-order valence-electron chi connectivity index (χ1n) is 8.79. The molecule has 154 valence electrons. The zero-order valence-electron chi connectivity index (χ0n) is 15.2. The first-order valence-corrected chi connectivity index (χ1v) is 10.6. The minimum Gasteiger partial charge on any atom is -0.452 e. The summed E-state index contributed by atoms with van der Waals surface area (Å²) in [6.45, 7) is 0.298. The van der Waals surface area contributed by atoms with Gasteiger partial charge >= 0.3 is 5.97 Å². The van der Waals surface area contributed by atoms with E-state index in [9.17, 15) is 22.4 Å². The Morgan fingerprint density at radius 3 is 2.55 bits per heavy atom. The van der Waals surface area contributed by atoms with Crippen LogP contribution in [0.25, 0.3) is 0 Å². The Bertz CT molecular complexity index is 1040. The summed E-state index contributed by atoms with van der Waals surface area (Å²) < 4.78 is 44.7. The smallest absolute Gasteiger partial charge is 0.338 e. The van der Waals surface area contributed by atoms with Gasteiger partial charge in [-0.2, -0.15) is 4.31 Å². The number of carbonyl (C=O) groups is 2. The lowest BCUT2D eigenvalue weighted by Crippen LogP contribution is -2.28. The van der Waals surface area contributed by atoms with E-state index in [0.29, 0.717) is 13.1 Å². The summed E-state index contributed by atoms with van der Waals surface area (Å²) in [6, 6.07) is 9.12. The maximum Gasteiger partial charge on any atom is 0.338 e. The largest absolute Gasteiger partial charge is 0.452 e. The molecule has 0 aliphatic carbocycles. The van der Waals surface area contributed by atoms with Crippen molar-refractivity contribution >= 4 is 39.2 Å². The number of hydrogen-bond donors (Lipinski definition) is 1. The van der Waals surface area contributed by atoms with Crippen molar-refractivity contribution in [2.75, 3.05) is 25.0 Å². The summed E-state index contributed by atoms with van der Waals surface area (Å²) in [7, 11) is -3.67. The van der Waals surface area contributed by atoms with Crippen LogP contribution in [-0.4, -0.2) is 44.3 Å². The van der Waals surface area contributed by atoms with Crippen LogP contribution in [-0.2, 0) is 19.6 Å². The molecule has 1 amide bonds. The van der Waals surface area contributed by atoms with Crippen molar-refractivity contribution in [3.05, 3.63) is 58.9 Å². The molecule has 0 bridgehead atoms. The predicted molar refractivity (Wildman–Crippen MR) is 105 cm³/mol. The maximum atomic E-state index is 13.1. The highest BCUT2D eigenvalue weighted by atomic mass is 35.5. The SMILES string of the molecule is O=C(COC(=O)c1cccc(S(=O)(=O)N2CCCC2)c1)Nc1ccc(F)c(Cl)c1. The number of benzene rings is 2. The molecular weight excluding hydrogens is 423 g/mol. The van der Waals surface area contributed by atoms with E-state index in [0.717, 1.165) is 18.9 Å². The molecule has 0 atom stereocenters. The number of sulfonamides is 1. The highest BCUT2D eigenvalue weighted by molar-refractivity contribution is 7.89. The van der Waals surface area contributed by atoms with Crippen LogP contribution in [0.2, 0.25) is 5.02 Å². The average molecular weight is 441 g/mol. The quantitative estimate of drug-likeness (QED) is 0.697. The molecule has 1 heterocycles. The Kier molecular flexibility index (Phi) is 6.51. The molecule has 7 nitrogen and oxygen atoms in total. The zero-order valence-corrected chi connectivity index (χ0v) is 16.8. The maximum absolute atomic E-state index is 13.1. The van der Waals surface area contributed by atoms with Crippen LogP contribution in [0.15, 0.2) is 47.4 Å². The van der Waals surface area contributed by atoms with Crippen LogP contribution in [0.4, 0.5) is 10.1 Å². The highest BCUT2D eigenvalue weighted by Crippen LogP contribution is 2.22. The standard InChI is InChI=1S/C19H18ClFN2O5S/c20-16-11-14(6-7-17(16)21)22-18(24)12-28-19(25)13-4-3-5-15(10-13)29(26,27)23-8-1-2-9-23/h3-7,10-11H,1-2,8-9,12H2,(H,22,24). The number of carbonyl (C=O) groups excluding carboxylic acids is 2. The fourth-order valence-corrected chi connectivity index (χ4v) is 4.59. The highest BCUT2D eigenvalue weighted by Gasteiger charge is 2.27. The third-order valence-corrected chi connectivity index (χ3v) is 6.49. The second-order valence-corrected chi connectivity index (χ2v) is 8.74. The molecule has 1 N–H and O–H groups in total. The van der Waals surface area contributed by atoms with Gasteiger partial charge in [-0.3, -0.25) is 4.79 Å². The summed E-state index contributed by atoms with van der Waals surface area (Å²) in [6.07, 6.45) is 1.60. The molecule has 3 rings (SSSR count). The lowest BCUT2D eigenvalue weighted by Gasteiger charge is -2.15. The average Bonchev–Trinajstić information content (AvgIpc) is 3.25. The van der Waals surface area contributed by atoms with Gasteiger partial charge < -0.3 is 10.1 Å². The fourth-order valence-electron chi connectivity index (χ4n) is 2.85. The van der Waals surface area contributed by atoms with Crippen LogP contribution in [0.5, 0.6) is 0 Å². The number of anilines is 1. The van der Waals surface area contributed by atoms with Gasteiger partial charge in [-0.1, -0.05) is 17.7 Å². The number of hydrogen-bond acceptors (Lipinski definition) is 5. The molecule has 0 aromatic heterocycles. The Labute approximate surface area is 172 Å². The van der Waals surface area contributed by atoms with Crippen molar-refractivity contribution in [2.24, 2.45) is 0 Å². The van der Waals surface area contributed by atoms with Crippen LogP contribution >= 0.6 is 11.6 Å². The minimum absolute atomic E-state index is 0.000689. The number of nitrogens with one attached hydrogen (secondary N) is 1. The van der Waals surface area contributed by atoms with Gasteiger partial charge in [-0.15, -0.1) is 0 Å². The molecule has 2 aromatic carbocycles. The zero-order chi connectivity index (χ0) is 21.0. The predicted octanol–water partition coefficient (Wildman–Crippen LogP) is 3.06. The molecule has 0 radical (unpaired) electrons. The summed E-state index contributed by atoms with van der Waals surface area (Å²) >= 11 is 5.64. The van der Waals surface area contributed by atoms with Gasteiger partial charge in [0, 0.05) is 18.8 Å². The fraction of sp³-hybridized carbons (Fsp3) is 0.263. The van der Waals surface area contributed by atoms with Gasteiger partial charge in [0.05, 0.1) is 15.5 Å². The van der Waals surface area contributed by atoms with Crippen molar-refractivity contribution in [3.63, 3.8) is 0 Å². The van der Waals surface area contributed by atoms with E-state index >= 15 is 0 Å². The molecule has 1 aliphatic rings. The van der Waals surface area contributed by atoms with Crippen LogP contribution < -0.4 is 5.32 Å². The Morgan fingerprint density at radius 1 is 1.14 bits per heavy atom. The lowest BCUT2D eigenvalue weighted by atomic mass is 10.2. The van der Waals surface area contributed by atoms with Gasteiger partial charge in [0.15, 0.2) is 6.61 Å². The van der Waals surface area contributed by atoms with Gasteiger partial charge in [-0.25, -0.2) is 17.6 Å². The molecular formula is C19H18ClFN2O5S. The van der Waals surface area contributed by atoms with Crippen LogP contribution in [0, 0.1) is 5.82 Å². The molecule has 1 saturated heterocycles. The van der Waals surface area contributed by atoms with E-state index in [1.165, 1.54) is 40.7 Å². The molecule has 1 fully saturated rings. The first-order chi connectivity index (χ1) is 13.8. The van der Waals surface area contributed by atoms with Crippen molar-refractivity contribution in [1.29, 1.82) is 0 Å². The third-order valence-electron chi connectivity index (χ3n) is 4.31. The van der Waals surface area contributed by atoms with E-state index in [4.69, 9.17) is 16.3 Å². The Balaban J connectivity index is 1.62. The number of rotatable bonds is 6. The van der Waals surface area contributed by atoms with Crippen molar-refractivity contribution < 1.29 is 27.1 Å². The monoisotopic (exact) mass is 440 g/mol. The van der Waals surface area contributed by atoms with Crippen LogP contribution in [0.3, 0.4) is 0 Å². The summed E-state index contributed by atoms with van der Waals surface area (Å²) in [5.41, 5.74) is 0.263. The molecule has 1 aliphatic heterocycles. The minimum atomic E-state index is -3.67. The second-order valence-electron chi connectivity index (χ2n) is 6.39. The Hall–Kier alpha value is -2.49. The Morgan fingerprint density at radius 2 is 1.86 bits per heavy atom. The second kappa shape index (κ2) is 8.89. The topological polar surface area (TPSA) is 92.8 Å². The van der Waals surface area contributed by atoms with Gasteiger partial charge in [0.2, 0.25) is 10.0 Å². The molecule has 10 heteroatoms. The van der Waals surface area contributed by atoms with E-state index in [-0.39, 0.29) is 21.2 Å². The summed E-state index contributed by atoms with van der Waals surface area (Å²) in [5, 5.41) is 2.26. The normalized spacial score (nSPS) is 14.6. The van der Waals surface area contributed by atoms with E-state index in [2.05, 4.69) is 5.32 Å². The number of esters is 1. The van der Waals surface area contributed by atoms with Crippen LogP contribution in [0.1, 0.15) is 23.2 Å². The van der Waals surface area contributed by atoms with Crippen molar-refractivity contribution in [2.45, 2.75) is 17.7 Å². The van der Waals surface area contributed by atoms with Gasteiger partial charge in [0.1, 0.15) is 5.82 Å². The molecule has 2 aromatic rings. The first kappa shape index (κ1) is 21.2. The molecule has 0 unspecified atom stereocenters. The van der Waals surface area contributed by atoms with Crippen molar-refractivity contribution in [1.82, 2.24) is 4.31 Å². The number of halogens is 2. The van der Waals surface area contributed by atoms with E-state index in [1.54, 1.807) is 0 Å². The van der Waals surface area contributed by atoms with Gasteiger partial charge in [-0.05, 0) is 49.2 Å². The molecule has 29 heavy (non-hydrogen) atoms. The number of amides is 1. The molecule has 0 saturated carbocycles. The third kappa shape index (κ3) is 5.11. The van der Waals surface area contributed by atoms with Crippen molar-refractivity contribution in [3.8, 4) is 0 Å². The lowest BCUT2D eigenvalue weighted by molar-refractivity contribution is -0.119. The summed E-state index contributed by atoms with van der Waals surface area (Å²) in [5.74, 6) is -2.11. The van der Waals surface area contributed by atoms with E-state index < -0.39 is 34.3 Å².